The number of amides is 2. The first kappa shape index (κ1) is 20.2. The van der Waals surface area contributed by atoms with Crippen LogP contribution in [-0.4, -0.2) is 55.1 Å². The number of urea groups is 1. The topological polar surface area (TPSA) is 61.9 Å². The monoisotopic (exact) mass is 401 g/mol. The van der Waals surface area contributed by atoms with Crippen LogP contribution in [0.15, 0.2) is 48.5 Å². The van der Waals surface area contributed by atoms with Crippen LogP contribution in [0.3, 0.4) is 0 Å². The number of carbonyl (C=O) groups is 2. The number of piperazine rings is 1. The first-order valence-corrected chi connectivity index (χ1v) is 9.56. The fourth-order valence-electron chi connectivity index (χ4n) is 3.30. The number of halogens is 1. The van der Waals surface area contributed by atoms with Gasteiger partial charge in [-0.25, -0.2) is 9.59 Å². The van der Waals surface area contributed by atoms with Crippen molar-refractivity contribution < 1.29 is 14.3 Å². The Labute approximate surface area is 170 Å². The van der Waals surface area contributed by atoms with Crippen molar-refractivity contribution in [3.05, 3.63) is 64.7 Å². The fraction of sp³-hybridized carbons (Fsp3) is 0.333. The van der Waals surface area contributed by atoms with Gasteiger partial charge in [-0.2, -0.15) is 0 Å². The van der Waals surface area contributed by atoms with E-state index in [0.29, 0.717) is 36.8 Å². The lowest BCUT2D eigenvalue weighted by molar-refractivity contribution is -0.148. The average molecular weight is 402 g/mol. The molecule has 0 saturated carbocycles. The molecule has 1 N–H and O–H groups in total. The summed E-state index contributed by atoms with van der Waals surface area (Å²) in [6.45, 7) is 4.12. The maximum Gasteiger partial charge on any atom is 0.327 e. The van der Waals surface area contributed by atoms with Gasteiger partial charge in [-0.05, 0) is 30.7 Å². The molecule has 0 aliphatic carbocycles. The van der Waals surface area contributed by atoms with E-state index in [2.05, 4.69) is 5.32 Å². The molecule has 2 amide bonds. The zero-order chi connectivity index (χ0) is 20.1. The van der Waals surface area contributed by atoms with Gasteiger partial charge in [0.25, 0.3) is 0 Å². The van der Waals surface area contributed by atoms with E-state index in [-0.39, 0.29) is 12.0 Å². The number of carbonyl (C=O) groups excluding carboxylic acids is 2. The van der Waals surface area contributed by atoms with Crippen molar-refractivity contribution >= 4 is 29.3 Å². The minimum atomic E-state index is -0.582. The Kier molecular flexibility index (Phi) is 6.54. The maximum absolute atomic E-state index is 12.5. The number of nitrogens with zero attached hydrogens (tertiary/aromatic N) is 2. The molecule has 148 valence electrons. The number of nitrogens with one attached hydrogen (secondary N) is 1. The van der Waals surface area contributed by atoms with Crippen molar-refractivity contribution in [3.63, 3.8) is 0 Å². The second-order valence-corrected chi connectivity index (χ2v) is 7.17. The van der Waals surface area contributed by atoms with E-state index in [0.717, 1.165) is 11.3 Å². The third kappa shape index (κ3) is 4.64. The van der Waals surface area contributed by atoms with E-state index in [1.165, 1.54) is 7.11 Å². The molecule has 0 bridgehead atoms. The molecule has 6 nitrogen and oxygen atoms in total. The molecule has 7 heteroatoms. The van der Waals surface area contributed by atoms with Gasteiger partial charge in [0.15, 0.2) is 0 Å². The maximum atomic E-state index is 12.5. The van der Waals surface area contributed by atoms with Gasteiger partial charge in [0.1, 0.15) is 6.04 Å². The molecular formula is C21H24ClN3O3. The number of benzene rings is 2. The van der Waals surface area contributed by atoms with Gasteiger partial charge < -0.3 is 15.0 Å². The molecule has 0 aromatic heterocycles. The first-order chi connectivity index (χ1) is 13.5. The molecule has 1 heterocycles. The summed E-state index contributed by atoms with van der Waals surface area (Å²) < 4.78 is 5.01. The average Bonchev–Trinajstić information content (AvgIpc) is 2.71. The van der Waals surface area contributed by atoms with Gasteiger partial charge in [0, 0.05) is 36.9 Å². The molecule has 3 rings (SSSR count). The second-order valence-electron chi connectivity index (χ2n) is 6.77. The van der Waals surface area contributed by atoms with Crippen LogP contribution in [0.2, 0.25) is 5.02 Å². The zero-order valence-corrected chi connectivity index (χ0v) is 16.8. The van der Waals surface area contributed by atoms with Crippen molar-refractivity contribution in [2.24, 2.45) is 0 Å². The van der Waals surface area contributed by atoms with Crippen LogP contribution in [0.4, 0.5) is 10.5 Å². The van der Waals surface area contributed by atoms with Crippen LogP contribution in [0.5, 0.6) is 0 Å². The predicted molar refractivity (Wildman–Crippen MR) is 110 cm³/mol. The Morgan fingerprint density at radius 3 is 2.29 bits per heavy atom. The number of esters is 1. The minimum Gasteiger partial charge on any atom is -0.468 e. The van der Waals surface area contributed by atoms with E-state index >= 15 is 0 Å². The Morgan fingerprint density at radius 2 is 1.68 bits per heavy atom. The van der Waals surface area contributed by atoms with Crippen LogP contribution < -0.4 is 5.32 Å². The Bertz CT molecular complexity index is 833. The molecule has 1 aliphatic heterocycles. The Hall–Kier alpha value is -2.57. The van der Waals surface area contributed by atoms with Crippen LogP contribution in [0.1, 0.15) is 17.2 Å². The quantitative estimate of drug-likeness (QED) is 0.793. The summed E-state index contributed by atoms with van der Waals surface area (Å²) in [5, 5.41) is 3.44. The van der Waals surface area contributed by atoms with Crippen LogP contribution >= 0.6 is 11.6 Å². The lowest BCUT2D eigenvalue weighted by atomic mass is 10.0. The summed E-state index contributed by atoms with van der Waals surface area (Å²) in [4.78, 5) is 28.7. The Balaban J connectivity index is 1.65. The third-order valence-electron chi connectivity index (χ3n) is 4.89. The normalized spacial score (nSPS) is 15.8. The van der Waals surface area contributed by atoms with E-state index in [1.807, 2.05) is 54.3 Å². The van der Waals surface area contributed by atoms with E-state index in [1.54, 1.807) is 11.0 Å². The molecule has 0 spiro atoms. The summed E-state index contributed by atoms with van der Waals surface area (Å²) in [5.74, 6) is -0.356. The van der Waals surface area contributed by atoms with E-state index in [4.69, 9.17) is 16.3 Å². The van der Waals surface area contributed by atoms with Crippen LogP contribution in [0, 0.1) is 6.92 Å². The predicted octanol–water partition coefficient (Wildman–Crippen LogP) is 3.71. The molecule has 1 fully saturated rings. The summed E-state index contributed by atoms with van der Waals surface area (Å²) in [6, 6.07) is 14.2. The summed E-state index contributed by atoms with van der Waals surface area (Å²) >= 11 is 6.31. The molecule has 2 aromatic rings. The van der Waals surface area contributed by atoms with Crippen molar-refractivity contribution in [1.29, 1.82) is 0 Å². The van der Waals surface area contributed by atoms with Gasteiger partial charge in [-0.1, -0.05) is 47.5 Å². The van der Waals surface area contributed by atoms with Crippen molar-refractivity contribution in [2.45, 2.75) is 13.0 Å². The highest BCUT2D eigenvalue weighted by Gasteiger charge is 2.33. The molecule has 0 radical (unpaired) electrons. The second kappa shape index (κ2) is 9.08. The fourth-order valence-corrected chi connectivity index (χ4v) is 3.54. The van der Waals surface area contributed by atoms with Gasteiger partial charge >= 0.3 is 12.0 Å². The molecule has 1 saturated heterocycles. The summed E-state index contributed by atoms with van der Waals surface area (Å²) in [6.07, 6.45) is 0. The van der Waals surface area contributed by atoms with Crippen molar-refractivity contribution in [1.82, 2.24) is 9.80 Å². The smallest absolute Gasteiger partial charge is 0.327 e. The molecule has 2 aromatic carbocycles. The molecule has 1 atom stereocenters. The van der Waals surface area contributed by atoms with E-state index < -0.39 is 6.04 Å². The van der Waals surface area contributed by atoms with Gasteiger partial charge in [0.05, 0.1) is 7.11 Å². The number of methoxy groups -OCH3 is 1. The molecular weight excluding hydrogens is 378 g/mol. The van der Waals surface area contributed by atoms with Crippen molar-refractivity contribution in [2.75, 3.05) is 38.6 Å². The highest BCUT2D eigenvalue weighted by atomic mass is 35.5. The van der Waals surface area contributed by atoms with Crippen LogP contribution in [0.25, 0.3) is 0 Å². The zero-order valence-electron chi connectivity index (χ0n) is 16.0. The van der Waals surface area contributed by atoms with Gasteiger partial charge in [-0.3, -0.25) is 4.90 Å². The van der Waals surface area contributed by atoms with Gasteiger partial charge in [0.2, 0.25) is 0 Å². The lowest BCUT2D eigenvalue weighted by Gasteiger charge is -2.38. The number of anilines is 1. The highest BCUT2D eigenvalue weighted by Crippen LogP contribution is 2.29. The summed E-state index contributed by atoms with van der Waals surface area (Å²) in [5.41, 5.74) is 2.62. The first-order valence-electron chi connectivity index (χ1n) is 9.18. The number of aryl methyl sites for hydroxylation is 1. The SMILES string of the molecule is COC(=O)C(c1ccccc1Cl)N1CCN(C(=O)Nc2ccc(C)cc2)CC1. The molecule has 1 unspecified atom stereocenters. The standard InChI is InChI=1S/C21H24ClN3O3/c1-15-7-9-16(10-8-15)23-21(27)25-13-11-24(12-14-25)19(20(26)28-2)17-5-3-4-6-18(17)22/h3-10,19H,11-14H2,1-2H3,(H,23,27). The number of hydrogen-bond donors (Lipinski definition) is 1. The number of rotatable bonds is 4. The largest absolute Gasteiger partial charge is 0.468 e. The summed E-state index contributed by atoms with van der Waals surface area (Å²) in [7, 11) is 1.37. The van der Waals surface area contributed by atoms with Crippen molar-refractivity contribution in [3.8, 4) is 0 Å². The van der Waals surface area contributed by atoms with Gasteiger partial charge in [-0.15, -0.1) is 0 Å². The highest BCUT2D eigenvalue weighted by molar-refractivity contribution is 6.31. The van der Waals surface area contributed by atoms with E-state index in [9.17, 15) is 9.59 Å². The number of ether oxygens (including phenoxy) is 1. The lowest BCUT2D eigenvalue weighted by Crippen LogP contribution is -2.52. The third-order valence-corrected chi connectivity index (χ3v) is 5.24. The molecule has 28 heavy (non-hydrogen) atoms. The Morgan fingerprint density at radius 1 is 1.04 bits per heavy atom. The number of hydrogen-bond acceptors (Lipinski definition) is 4. The van der Waals surface area contributed by atoms with Crippen LogP contribution in [-0.2, 0) is 9.53 Å². The minimum absolute atomic E-state index is 0.143. The molecule has 1 aliphatic rings.